The van der Waals surface area contributed by atoms with Gasteiger partial charge in [0.05, 0.1) is 8.93 Å². The lowest BCUT2D eigenvalue weighted by atomic mass is 10.0. The van der Waals surface area contributed by atoms with E-state index in [0.717, 1.165) is 49.9 Å². The van der Waals surface area contributed by atoms with E-state index in [1.165, 1.54) is 0 Å². The van der Waals surface area contributed by atoms with Crippen LogP contribution in [0.5, 0.6) is 0 Å². The molecule has 2 aromatic rings. The maximum Gasteiger partial charge on any atom is 0.169 e. The second-order valence-corrected chi connectivity index (χ2v) is 7.03. The van der Waals surface area contributed by atoms with Crippen LogP contribution in [0.25, 0.3) is 33.3 Å². The molecule has 4 nitrogen and oxygen atoms in total. The van der Waals surface area contributed by atoms with Crippen LogP contribution in [-0.4, -0.2) is 18.1 Å². The number of nitrogens with one attached hydrogen (secondary N) is 1. The summed E-state index contributed by atoms with van der Waals surface area (Å²) in [6.45, 7) is 6.18. The Hall–Kier alpha value is -2.15. The molecule has 0 bridgehead atoms. The fourth-order valence-electron chi connectivity index (χ4n) is 3.26. The Morgan fingerprint density at radius 3 is 2.52 bits per heavy atom. The van der Waals surface area contributed by atoms with Gasteiger partial charge in [-0.25, -0.2) is 4.98 Å². The molecule has 0 saturated heterocycles. The fourth-order valence-corrected chi connectivity index (χ4v) is 3.92. The van der Waals surface area contributed by atoms with Crippen molar-refractivity contribution in [1.82, 2.24) is 4.98 Å². The van der Waals surface area contributed by atoms with Crippen LogP contribution in [0.2, 0.25) is 0 Å². The van der Waals surface area contributed by atoms with Gasteiger partial charge in [0.1, 0.15) is 11.2 Å². The lowest BCUT2D eigenvalue weighted by molar-refractivity contribution is 0.609. The molecule has 25 heavy (non-hydrogen) atoms. The molecule has 0 radical (unpaired) electrons. The molecule has 1 N–H and O–H groups in total. The third kappa shape index (κ3) is 2.57. The Kier molecular flexibility index (Phi) is 4.11. The van der Waals surface area contributed by atoms with Gasteiger partial charge in [0.2, 0.25) is 0 Å². The van der Waals surface area contributed by atoms with Crippen molar-refractivity contribution in [3.05, 3.63) is 51.4 Å². The number of rotatable bonds is 3. The van der Waals surface area contributed by atoms with Gasteiger partial charge in [-0.15, -0.1) is 0 Å². The molecule has 2 aliphatic rings. The first-order valence-electron chi connectivity index (χ1n) is 8.38. The maximum absolute atomic E-state index is 8.44. The quantitative estimate of drug-likeness (QED) is 0.275. The summed E-state index contributed by atoms with van der Waals surface area (Å²) in [6, 6.07) is 14.1. The lowest BCUT2D eigenvalue weighted by Crippen LogP contribution is -2.21. The fraction of sp³-hybridized carbons (Fsp3) is 0.200. The molecular weight excluding hydrogens is 425 g/mol. The van der Waals surface area contributed by atoms with Crippen LogP contribution in [0.4, 0.5) is 5.69 Å². The largest absolute Gasteiger partial charge is 0.452 e. The van der Waals surface area contributed by atoms with Crippen molar-refractivity contribution >= 4 is 50.2 Å². The maximum atomic E-state index is 8.44. The minimum atomic E-state index is 0.494. The summed E-state index contributed by atoms with van der Waals surface area (Å²) in [5, 5.41) is 10.8. The van der Waals surface area contributed by atoms with Gasteiger partial charge in [-0.1, -0.05) is 24.3 Å². The Bertz CT molecular complexity index is 1120. The van der Waals surface area contributed by atoms with E-state index < -0.39 is 0 Å². The molecule has 0 fully saturated rings. The summed E-state index contributed by atoms with van der Waals surface area (Å²) in [7, 11) is 0. The second-order valence-electron chi connectivity index (χ2n) is 5.95. The molecule has 126 valence electrons. The minimum Gasteiger partial charge on any atom is -0.452 e. The Morgan fingerprint density at radius 2 is 1.80 bits per heavy atom. The number of fused-ring (bicyclic) bond motifs is 4. The first-order valence-corrected chi connectivity index (χ1v) is 9.46. The molecule has 2 aromatic carbocycles. The molecule has 0 saturated carbocycles. The van der Waals surface area contributed by atoms with Crippen molar-refractivity contribution in [2.24, 2.45) is 0 Å². The van der Waals surface area contributed by atoms with Crippen molar-refractivity contribution in [2.45, 2.75) is 13.8 Å². The lowest BCUT2D eigenvalue weighted by Gasteiger charge is -2.21. The molecule has 0 unspecified atom stereocenters. The van der Waals surface area contributed by atoms with Gasteiger partial charge < -0.3 is 9.32 Å². The van der Waals surface area contributed by atoms with Crippen LogP contribution in [0, 0.1) is 8.98 Å². The van der Waals surface area contributed by atoms with Crippen molar-refractivity contribution in [3.8, 4) is 11.5 Å². The Balaban J connectivity index is 2.07. The zero-order valence-electron chi connectivity index (χ0n) is 14.1. The van der Waals surface area contributed by atoms with Crippen molar-refractivity contribution in [1.29, 1.82) is 5.41 Å². The van der Waals surface area contributed by atoms with E-state index in [2.05, 4.69) is 47.4 Å². The highest BCUT2D eigenvalue weighted by Gasteiger charge is 2.19. The molecule has 1 aliphatic carbocycles. The van der Waals surface area contributed by atoms with Gasteiger partial charge in [-0.3, -0.25) is 5.41 Å². The molecule has 0 aromatic heterocycles. The van der Waals surface area contributed by atoms with E-state index in [0.29, 0.717) is 11.1 Å². The summed E-state index contributed by atoms with van der Waals surface area (Å²) in [5.74, 6) is 0.688. The third-order valence-electron chi connectivity index (χ3n) is 4.60. The predicted octanol–water partition coefficient (Wildman–Crippen LogP) is 5.02. The SMILES string of the molecule is CCN(CC)c1ccc2nc3c4ccccc4c(=N)c(I)c-3oc2c1. The summed E-state index contributed by atoms with van der Waals surface area (Å²) >= 11 is 2.19. The van der Waals surface area contributed by atoms with E-state index >= 15 is 0 Å². The standard InChI is InChI=1S/C20H18IN3O/c1-3-24(4-2)12-9-10-15-16(11-12)25-20-17(21)18(22)13-7-5-6-8-14(13)19(20)23-15/h5-11,22H,3-4H2,1-2H3. The van der Waals surface area contributed by atoms with Crippen molar-refractivity contribution < 1.29 is 4.42 Å². The van der Waals surface area contributed by atoms with Gasteiger partial charge in [-0.2, -0.15) is 0 Å². The molecule has 0 atom stereocenters. The number of hydrogen-bond donors (Lipinski definition) is 1. The van der Waals surface area contributed by atoms with Crippen LogP contribution in [-0.2, 0) is 0 Å². The number of anilines is 1. The molecule has 4 rings (SSSR count). The van der Waals surface area contributed by atoms with Crippen molar-refractivity contribution in [2.75, 3.05) is 18.0 Å². The van der Waals surface area contributed by atoms with E-state index in [9.17, 15) is 0 Å². The normalized spacial score (nSPS) is 11.5. The molecule has 5 heteroatoms. The monoisotopic (exact) mass is 443 g/mol. The summed E-state index contributed by atoms with van der Waals surface area (Å²) in [4.78, 5) is 7.14. The van der Waals surface area contributed by atoms with E-state index in [4.69, 9.17) is 14.8 Å². The Labute approximate surface area is 159 Å². The van der Waals surface area contributed by atoms with Crippen LogP contribution < -0.4 is 10.3 Å². The smallest absolute Gasteiger partial charge is 0.169 e. The summed E-state index contributed by atoms with van der Waals surface area (Å²) < 4.78 is 7.03. The van der Waals surface area contributed by atoms with Gasteiger partial charge in [0.15, 0.2) is 11.3 Å². The topological polar surface area (TPSA) is 53.1 Å². The van der Waals surface area contributed by atoms with Gasteiger partial charge in [-0.05, 0) is 48.6 Å². The predicted molar refractivity (Wildman–Crippen MR) is 110 cm³/mol. The van der Waals surface area contributed by atoms with Crippen LogP contribution in [0.1, 0.15) is 13.8 Å². The molecule has 0 spiro atoms. The molecule has 1 heterocycles. The molecule has 1 aliphatic heterocycles. The number of nitrogens with zero attached hydrogens (tertiary/aromatic N) is 2. The Morgan fingerprint density at radius 1 is 1.08 bits per heavy atom. The highest BCUT2D eigenvalue weighted by atomic mass is 127. The molecular formula is C20H18IN3O. The number of aromatic nitrogens is 1. The van der Waals surface area contributed by atoms with Crippen molar-refractivity contribution in [3.63, 3.8) is 0 Å². The van der Waals surface area contributed by atoms with Crippen LogP contribution in [0.3, 0.4) is 0 Å². The zero-order valence-corrected chi connectivity index (χ0v) is 16.3. The highest BCUT2D eigenvalue weighted by Crippen LogP contribution is 2.34. The molecule has 0 amide bonds. The number of hydrogen-bond acceptors (Lipinski definition) is 4. The van der Waals surface area contributed by atoms with Gasteiger partial charge in [0, 0.05) is 35.6 Å². The zero-order chi connectivity index (χ0) is 17.6. The van der Waals surface area contributed by atoms with E-state index in [1.54, 1.807) is 0 Å². The number of halogens is 1. The summed E-state index contributed by atoms with van der Waals surface area (Å²) in [6.07, 6.45) is 0. The van der Waals surface area contributed by atoms with Gasteiger partial charge >= 0.3 is 0 Å². The second kappa shape index (κ2) is 6.29. The number of benzene rings is 3. The first kappa shape index (κ1) is 16.3. The average Bonchev–Trinajstić information content (AvgIpc) is 2.66. The minimum absolute atomic E-state index is 0.494. The highest BCUT2D eigenvalue weighted by molar-refractivity contribution is 14.1. The summed E-state index contributed by atoms with van der Waals surface area (Å²) in [5.41, 5.74) is 3.54. The average molecular weight is 443 g/mol. The van der Waals surface area contributed by atoms with Gasteiger partial charge in [0.25, 0.3) is 0 Å². The first-order chi connectivity index (χ1) is 12.1. The van der Waals surface area contributed by atoms with Crippen LogP contribution >= 0.6 is 22.6 Å². The van der Waals surface area contributed by atoms with E-state index in [-0.39, 0.29) is 0 Å². The third-order valence-corrected chi connectivity index (χ3v) is 5.63. The van der Waals surface area contributed by atoms with E-state index in [1.807, 2.05) is 36.4 Å². The van der Waals surface area contributed by atoms with Crippen LogP contribution in [0.15, 0.2) is 46.9 Å².